The van der Waals surface area contributed by atoms with Gasteiger partial charge in [-0.25, -0.2) is 8.42 Å². The number of fused-ring (bicyclic) bond motifs is 1. The van der Waals surface area contributed by atoms with Crippen molar-refractivity contribution in [3.8, 4) is 0 Å². The summed E-state index contributed by atoms with van der Waals surface area (Å²) in [4.78, 5) is 13.7. The zero-order chi connectivity index (χ0) is 25.1. The Hall–Kier alpha value is -4.16. The molecule has 0 unspecified atom stereocenters. The van der Waals surface area contributed by atoms with Crippen molar-refractivity contribution >= 4 is 26.6 Å². The van der Waals surface area contributed by atoms with Gasteiger partial charge in [0.25, 0.3) is 0 Å². The van der Waals surface area contributed by atoms with Crippen LogP contribution in [0, 0.1) is 6.92 Å². The Balaban J connectivity index is 1.48. The third-order valence-electron chi connectivity index (χ3n) is 6.26. The fourth-order valence-electron chi connectivity index (χ4n) is 4.41. The van der Waals surface area contributed by atoms with E-state index in [0.29, 0.717) is 10.9 Å². The lowest BCUT2D eigenvalue weighted by atomic mass is 9.99. The Kier molecular flexibility index (Phi) is 6.44. The lowest BCUT2D eigenvalue weighted by molar-refractivity contribution is -0.122. The van der Waals surface area contributed by atoms with Gasteiger partial charge in [-0.3, -0.25) is 4.79 Å². The number of rotatable bonds is 7. The highest BCUT2D eigenvalue weighted by Gasteiger charge is 2.24. The number of aryl methyl sites for hydroxylation is 1. The summed E-state index contributed by atoms with van der Waals surface area (Å²) >= 11 is 0. The summed E-state index contributed by atoms with van der Waals surface area (Å²) in [6.07, 6.45) is 1.57. The Bertz CT molecular complexity index is 1570. The van der Waals surface area contributed by atoms with Gasteiger partial charge in [-0.05, 0) is 36.2 Å². The van der Waals surface area contributed by atoms with Crippen LogP contribution in [-0.2, 0) is 21.2 Å². The van der Waals surface area contributed by atoms with Crippen molar-refractivity contribution in [2.75, 3.05) is 0 Å². The maximum atomic E-state index is 13.5. The van der Waals surface area contributed by atoms with Gasteiger partial charge >= 0.3 is 0 Å². The molecule has 0 aliphatic heterocycles. The topological polar surface area (TPSA) is 68.2 Å². The Morgan fingerprint density at radius 1 is 0.778 bits per heavy atom. The van der Waals surface area contributed by atoms with Crippen LogP contribution in [0.2, 0.25) is 0 Å². The van der Waals surface area contributed by atoms with Crippen molar-refractivity contribution in [1.82, 2.24) is 9.88 Å². The summed E-state index contributed by atoms with van der Waals surface area (Å²) < 4.78 is 28.7. The zero-order valence-electron chi connectivity index (χ0n) is 19.8. The SMILES string of the molecule is Cc1ccc(S(=O)(=O)c2cn(CC(=O)NC(c3ccccc3)c3ccccc3)c3ccccc23)cc1. The van der Waals surface area contributed by atoms with Crippen molar-refractivity contribution < 1.29 is 13.2 Å². The van der Waals surface area contributed by atoms with Crippen LogP contribution in [0.3, 0.4) is 0 Å². The molecule has 0 radical (unpaired) electrons. The molecule has 4 aromatic carbocycles. The average Bonchev–Trinajstić information content (AvgIpc) is 3.28. The van der Waals surface area contributed by atoms with Crippen LogP contribution in [0.25, 0.3) is 10.9 Å². The first kappa shape index (κ1) is 23.6. The van der Waals surface area contributed by atoms with Gasteiger partial charge in [0, 0.05) is 17.1 Å². The summed E-state index contributed by atoms with van der Waals surface area (Å²) in [6.45, 7) is 1.90. The third kappa shape index (κ3) is 4.68. The second-order valence-electron chi connectivity index (χ2n) is 8.78. The number of para-hydroxylation sites is 1. The molecule has 180 valence electrons. The smallest absolute Gasteiger partial charge is 0.240 e. The Labute approximate surface area is 211 Å². The number of amides is 1. The van der Waals surface area contributed by atoms with Crippen LogP contribution in [0.15, 0.2) is 125 Å². The third-order valence-corrected chi connectivity index (χ3v) is 8.06. The first-order valence-corrected chi connectivity index (χ1v) is 13.2. The summed E-state index contributed by atoms with van der Waals surface area (Å²) in [6, 6.07) is 33.3. The van der Waals surface area contributed by atoms with Crippen molar-refractivity contribution in [3.05, 3.63) is 132 Å². The van der Waals surface area contributed by atoms with Crippen LogP contribution < -0.4 is 5.32 Å². The Morgan fingerprint density at radius 2 is 1.33 bits per heavy atom. The van der Waals surface area contributed by atoms with E-state index in [1.165, 1.54) is 0 Å². The van der Waals surface area contributed by atoms with E-state index in [9.17, 15) is 13.2 Å². The van der Waals surface area contributed by atoms with E-state index in [2.05, 4.69) is 5.32 Å². The predicted molar refractivity (Wildman–Crippen MR) is 141 cm³/mol. The fourth-order valence-corrected chi connectivity index (χ4v) is 5.89. The van der Waals surface area contributed by atoms with E-state index >= 15 is 0 Å². The van der Waals surface area contributed by atoms with Crippen molar-refractivity contribution in [2.45, 2.75) is 29.3 Å². The molecule has 1 heterocycles. The minimum atomic E-state index is -3.76. The number of carbonyl (C=O) groups is 1. The van der Waals surface area contributed by atoms with E-state index in [0.717, 1.165) is 16.7 Å². The summed E-state index contributed by atoms with van der Waals surface area (Å²) in [5.41, 5.74) is 3.61. The van der Waals surface area contributed by atoms with Gasteiger partial charge in [0.2, 0.25) is 15.7 Å². The standard InChI is InChI=1S/C30H26N2O3S/c1-22-16-18-25(19-17-22)36(34,35)28-20-32(27-15-9-8-14-26(27)28)21-29(33)31-30(23-10-4-2-5-11-23)24-12-6-3-7-13-24/h2-20,30H,21H2,1H3,(H,31,33). The normalized spacial score (nSPS) is 11.6. The molecule has 0 aliphatic rings. The van der Waals surface area contributed by atoms with Gasteiger partial charge in [0.1, 0.15) is 6.54 Å². The molecule has 1 aromatic heterocycles. The molecule has 36 heavy (non-hydrogen) atoms. The largest absolute Gasteiger partial charge is 0.344 e. The number of sulfone groups is 1. The Morgan fingerprint density at radius 3 is 1.94 bits per heavy atom. The highest BCUT2D eigenvalue weighted by atomic mass is 32.2. The predicted octanol–water partition coefficient (Wildman–Crippen LogP) is 5.69. The van der Waals surface area contributed by atoms with E-state index in [4.69, 9.17) is 0 Å². The molecule has 0 atom stereocenters. The van der Waals surface area contributed by atoms with Gasteiger partial charge in [-0.2, -0.15) is 0 Å². The average molecular weight is 495 g/mol. The number of benzene rings is 4. The zero-order valence-corrected chi connectivity index (χ0v) is 20.7. The minimum Gasteiger partial charge on any atom is -0.344 e. The molecule has 0 bridgehead atoms. The summed E-state index contributed by atoms with van der Waals surface area (Å²) in [7, 11) is -3.76. The molecule has 1 amide bonds. The van der Waals surface area contributed by atoms with Gasteiger partial charge in [0.05, 0.1) is 15.8 Å². The van der Waals surface area contributed by atoms with Crippen LogP contribution in [-0.4, -0.2) is 18.9 Å². The minimum absolute atomic E-state index is 0.0138. The van der Waals surface area contributed by atoms with Gasteiger partial charge in [-0.15, -0.1) is 0 Å². The molecule has 5 aromatic rings. The first-order chi connectivity index (χ1) is 17.4. The van der Waals surface area contributed by atoms with Gasteiger partial charge in [-0.1, -0.05) is 96.6 Å². The van der Waals surface area contributed by atoms with Gasteiger partial charge < -0.3 is 9.88 Å². The quantitative estimate of drug-likeness (QED) is 0.316. The second kappa shape index (κ2) is 9.84. The molecule has 0 spiro atoms. The lowest BCUT2D eigenvalue weighted by Gasteiger charge is -2.20. The summed E-state index contributed by atoms with van der Waals surface area (Å²) in [5, 5.41) is 3.73. The molecule has 5 nitrogen and oxygen atoms in total. The number of nitrogens with zero attached hydrogens (tertiary/aromatic N) is 1. The lowest BCUT2D eigenvalue weighted by Crippen LogP contribution is -2.32. The van der Waals surface area contributed by atoms with Crippen molar-refractivity contribution in [2.24, 2.45) is 0 Å². The van der Waals surface area contributed by atoms with Crippen LogP contribution >= 0.6 is 0 Å². The fraction of sp³-hybridized carbons (Fsp3) is 0.100. The molecule has 5 rings (SSSR count). The van der Waals surface area contributed by atoms with E-state index in [1.807, 2.05) is 85.8 Å². The van der Waals surface area contributed by atoms with Crippen LogP contribution in [0.4, 0.5) is 0 Å². The molecular formula is C30H26N2O3S. The number of nitrogens with one attached hydrogen (secondary N) is 1. The maximum Gasteiger partial charge on any atom is 0.240 e. The van der Waals surface area contributed by atoms with Gasteiger partial charge in [0.15, 0.2) is 0 Å². The van der Waals surface area contributed by atoms with Crippen LogP contribution in [0.1, 0.15) is 22.7 Å². The molecule has 0 aliphatic carbocycles. The first-order valence-electron chi connectivity index (χ1n) is 11.7. The monoisotopic (exact) mass is 494 g/mol. The van der Waals surface area contributed by atoms with Crippen LogP contribution in [0.5, 0.6) is 0 Å². The maximum absolute atomic E-state index is 13.5. The number of carbonyl (C=O) groups excluding carboxylic acids is 1. The second-order valence-corrected chi connectivity index (χ2v) is 10.7. The van der Waals surface area contributed by atoms with Crippen molar-refractivity contribution in [3.63, 3.8) is 0 Å². The number of hydrogen-bond acceptors (Lipinski definition) is 3. The van der Waals surface area contributed by atoms with E-state index in [-0.39, 0.29) is 28.3 Å². The van der Waals surface area contributed by atoms with Crippen molar-refractivity contribution in [1.29, 1.82) is 0 Å². The number of aromatic nitrogens is 1. The van der Waals surface area contributed by atoms with E-state index in [1.54, 1.807) is 41.1 Å². The molecule has 0 saturated carbocycles. The molecule has 1 N–H and O–H groups in total. The molecule has 0 fully saturated rings. The molecule has 0 saturated heterocycles. The number of hydrogen-bond donors (Lipinski definition) is 1. The van der Waals surface area contributed by atoms with E-state index < -0.39 is 9.84 Å². The molecule has 6 heteroatoms. The highest BCUT2D eigenvalue weighted by molar-refractivity contribution is 7.91. The molecular weight excluding hydrogens is 468 g/mol. The highest BCUT2D eigenvalue weighted by Crippen LogP contribution is 2.30. The summed E-state index contributed by atoms with van der Waals surface area (Å²) in [5.74, 6) is -0.215.